The lowest BCUT2D eigenvalue weighted by Gasteiger charge is -2.45. The molecule has 2 aromatic rings. The first kappa shape index (κ1) is 54.2. The van der Waals surface area contributed by atoms with Crippen LogP contribution in [0.4, 0.5) is 62.3 Å². The molecule has 3 saturated heterocycles. The van der Waals surface area contributed by atoms with Gasteiger partial charge in [0.2, 0.25) is 0 Å². The van der Waals surface area contributed by atoms with Gasteiger partial charge in [-0.05, 0) is 93.2 Å². The lowest BCUT2D eigenvalue weighted by Crippen LogP contribution is -2.56. The van der Waals surface area contributed by atoms with Gasteiger partial charge in [0.05, 0.1) is 5.56 Å². The number of halogens is 16. The molecule has 364 valence electrons. The van der Waals surface area contributed by atoms with Crippen LogP contribution in [0.5, 0.6) is 0 Å². The minimum atomic E-state index is -5.77. The fourth-order valence-corrected chi connectivity index (χ4v) is 9.89. The largest absolute Gasteiger partial charge is 0.478 e. The van der Waals surface area contributed by atoms with Crippen LogP contribution in [0.1, 0.15) is 84.9 Å². The number of carbonyl (C=O) groups excluding carboxylic acids is 3. The first-order chi connectivity index (χ1) is 29.9. The Labute approximate surface area is 390 Å². The smallest absolute Gasteiger partial charge is 0.434 e. The molecule has 0 unspecified atom stereocenters. The van der Waals surface area contributed by atoms with Crippen molar-refractivity contribution in [3.05, 3.63) is 66.5 Å². The van der Waals surface area contributed by atoms with E-state index in [4.69, 9.17) is 28.3 Å². The second-order valence-electron chi connectivity index (χ2n) is 15.8. The van der Waals surface area contributed by atoms with Crippen LogP contribution < -0.4 is 0 Å². The van der Waals surface area contributed by atoms with Crippen LogP contribution in [-0.2, 0) is 9.47 Å². The van der Waals surface area contributed by atoms with Crippen LogP contribution in [0, 0.1) is 5.41 Å². The maximum atomic E-state index is 13.1. The van der Waals surface area contributed by atoms with E-state index in [2.05, 4.69) is 41.3 Å². The van der Waals surface area contributed by atoms with Crippen LogP contribution >= 0.6 is 55.1 Å². The van der Waals surface area contributed by atoms with E-state index in [9.17, 15) is 71.9 Å². The van der Waals surface area contributed by atoms with Gasteiger partial charge in [0.1, 0.15) is 0 Å². The van der Waals surface area contributed by atoms with Gasteiger partial charge in [-0.2, -0.15) is 52.7 Å². The predicted molar refractivity (Wildman–Crippen MR) is 216 cm³/mol. The fraction of sp³-hybridized carbons (Fsp3) is 0.590. The Balaban J connectivity index is 0.000000241. The van der Waals surface area contributed by atoms with Crippen LogP contribution in [0.25, 0.3) is 0 Å². The highest BCUT2D eigenvalue weighted by atomic mass is 79.9. The second kappa shape index (κ2) is 21.3. The van der Waals surface area contributed by atoms with Crippen molar-refractivity contribution in [3.8, 4) is 0 Å². The lowest BCUT2D eigenvalue weighted by atomic mass is 9.77. The molecule has 0 aromatic heterocycles. The van der Waals surface area contributed by atoms with Crippen molar-refractivity contribution in [2.24, 2.45) is 5.41 Å². The van der Waals surface area contributed by atoms with Crippen molar-refractivity contribution in [2.75, 3.05) is 32.7 Å². The molecule has 0 atom stereocenters. The number of piperidine rings is 2. The summed E-state index contributed by atoms with van der Waals surface area (Å²) in [5.74, 6) is -1.26. The first-order valence-electron chi connectivity index (χ1n) is 19.5. The van der Waals surface area contributed by atoms with E-state index in [0.717, 1.165) is 35.5 Å². The zero-order chi connectivity index (χ0) is 48.9. The molecule has 2 spiro atoms. The number of carboxylic acids is 1. The Morgan fingerprint density at radius 2 is 0.938 bits per heavy atom. The number of benzene rings is 2. The maximum absolute atomic E-state index is 13.1. The number of carbonyl (C=O) groups is 4. The molecular weight excluding hydrogens is 1080 g/mol. The summed E-state index contributed by atoms with van der Waals surface area (Å²) < 4.78 is 159. The average Bonchev–Trinajstić information content (AvgIpc) is 3.80. The number of ether oxygens (including phenoxy) is 2. The van der Waals surface area contributed by atoms with E-state index in [1.54, 1.807) is 23.1 Å². The highest BCUT2D eigenvalue weighted by Crippen LogP contribution is 2.47. The van der Waals surface area contributed by atoms with Gasteiger partial charge in [0.25, 0.3) is 18.1 Å². The summed E-state index contributed by atoms with van der Waals surface area (Å²) in [7, 11) is 0. The van der Waals surface area contributed by atoms with Crippen LogP contribution in [-0.4, -0.2) is 119 Å². The van der Waals surface area contributed by atoms with Crippen LogP contribution in [0.3, 0.4) is 0 Å². The minimum absolute atomic E-state index is 0.101. The van der Waals surface area contributed by atoms with Crippen molar-refractivity contribution >= 4 is 79.1 Å². The summed E-state index contributed by atoms with van der Waals surface area (Å²) in [5, 5.41) is 9.33. The Morgan fingerprint density at radius 3 is 1.32 bits per heavy atom. The quantitative estimate of drug-likeness (QED) is 0.303. The van der Waals surface area contributed by atoms with Crippen molar-refractivity contribution < 1.29 is 86.4 Å². The van der Waals surface area contributed by atoms with E-state index in [0.29, 0.717) is 56.8 Å². The molecule has 10 nitrogen and oxygen atoms in total. The van der Waals surface area contributed by atoms with Crippen LogP contribution in [0.2, 0.25) is 10.0 Å². The van der Waals surface area contributed by atoms with Gasteiger partial charge in [0.15, 0.2) is 0 Å². The zero-order valence-corrected chi connectivity index (χ0v) is 38.2. The topological polar surface area (TPSA) is 117 Å². The Bertz CT molecular complexity index is 1950. The predicted octanol–water partition coefficient (Wildman–Crippen LogP) is 12.9. The molecule has 3 heterocycles. The maximum Gasteiger partial charge on any atom is 0.434 e. The number of hydrogen-bond donors (Lipinski definition) is 1. The molecule has 1 N–H and O–H groups in total. The third-order valence-corrected chi connectivity index (χ3v) is 12.7. The van der Waals surface area contributed by atoms with E-state index in [1.165, 1.54) is 18.2 Å². The summed E-state index contributed by atoms with van der Waals surface area (Å²) in [5.41, 5.74) is -0.00423. The van der Waals surface area contributed by atoms with Gasteiger partial charge in [-0.1, -0.05) is 67.9 Å². The monoisotopic (exact) mass is 1120 g/mol. The zero-order valence-electron chi connectivity index (χ0n) is 33.5. The fourth-order valence-electron chi connectivity index (χ4n) is 8.17. The Hall–Kier alpha value is -3.38. The SMILES string of the molecule is O=C(O)c1cc(Cl)cc(Br)c1.O=C(OC(C(F)(F)F)C(F)(F)F)N1CCC2(CCCC2)CC1.O=C(OC(C(F)(F)F)C(F)(F)F)N1CCC2(CCCN2C(=O)c2cc(Cl)cc(Br)c2)CC1. The number of alkyl halides is 12. The average molecular weight is 1120 g/mol. The summed E-state index contributed by atoms with van der Waals surface area (Å²) in [4.78, 5) is 50.6. The molecule has 3 aliphatic heterocycles. The number of hydrogen-bond acceptors (Lipinski definition) is 6. The molecule has 26 heteroatoms. The van der Waals surface area contributed by atoms with Crippen LogP contribution in [0.15, 0.2) is 45.3 Å². The number of nitrogens with zero attached hydrogens (tertiary/aromatic N) is 3. The van der Waals surface area contributed by atoms with Crippen molar-refractivity contribution in [3.63, 3.8) is 0 Å². The first-order valence-corrected chi connectivity index (χ1v) is 21.9. The van der Waals surface area contributed by atoms with E-state index >= 15 is 0 Å². The second-order valence-corrected chi connectivity index (χ2v) is 18.5. The number of carboxylic acid groups (broad SMARTS) is 1. The molecule has 0 bridgehead atoms. The van der Waals surface area contributed by atoms with Crippen molar-refractivity contribution in [1.82, 2.24) is 14.7 Å². The molecule has 6 rings (SSSR count). The number of likely N-dealkylation sites (tertiary alicyclic amines) is 3. The summed E-state index contributed by atoms with van der Waals surface area (Å²) in [6, 6.07) is 9.27. The Kier molecular flexibility index (Phi) is 17.8. The minimum Gasteiger partial charge on any atom is -0.478 e. The normalized spacial score (nSPS) is 18.6. The molecule has 2 aromatic carbocycles. The highest BCUT2D eigenvalue weighted by molar-refractivity contribution is 9.10. The summed E-state index contributed by atoms with van der Waals surface area (Å²) >= 11 is 18.0. The lowest BCUT2D eigenvalue weighted by molar-refractivity contribution is -0.309. The van der Waals surface area contributed by atoms with Gasteiger partial charge < -0.3 is 29.3 Å². The number of rotatable bonds is 4. The van der Waals surface area contributed by atoms with Crippen molar-refractivity contribution in [1.29, 1.82) is 0 Å². The van der Waals surface area contributed by atoms with E-state index in [-0.39, 0.29) is 55.9 Å². The highest BCUT2D eigenvalue weighted by Gasteiger charge is 2.61. The molecule has 0 radical (unpaired) electrons. The van der Waals surface area contributed by atoms with Gasteiger partial charge in [-0.25, -0.2) is 14.4 Å². The number of amides is 3. The van der Waals surface area contributed by atoms with Gasteiger partial charge in [-0.3, -0.25) is 4.79 Å². The van der Waals surface area contributed by atoms with E-state index in [1.807, 2.05) is 0 Å². The van der Waals surface area contributed by atoms with Gasteiger partial charge in [0, 0.05) is 62.8 Å². The van der Waals surface area contributed by atoms with Crippen molar-refractivity contribution in [2.45, 2.75) is 107 Å². The standard InChI is InChI=1S/C19H18BrClF6N2O3.C13H17F6NO2.C7H4BrClO2/c20-12-8-11(9-13(21)10-12)14(30)29-5-1-2-17(29)3-6-28(7-4-17)16(31)32-15(18(22,23)24)19(25,26)27;14-12(15,16)9(13(17,18)19)22-10(21)20-7-5-11(6-8-20)3-1-2-4-11;8-5-1-4(7(10)11)2-6(9)3-5/h8-10,15H,1-7H2;9H,1-8H2;1-3H,(H,10,11). The molecule has 4 aliphatic rings. The van der Waals surface area contributed by atoms with Gasteiger partial charge >= 0.3 is 42.9 Å². The molecule has 4 fully saturated rings. The van der Waals surface area contributed by atoms with Gasteiger partial charge in [-0.15, -0.1) is 0 Å². The van der Waals surface area contributed by atoms with E-state index < -0.39 is 60.6 Å². The Morgan fingerprint density at radius 1 is 0.554 bits per heavy atom. The summed E-state index contributed by atoms with van der Waals surface area (Å²) in [6.07, 6.45) is -27.3. The molecule has 1 aliphatic carbocycles. The third kappa shape index (κ3) is 14.8. The molecule has 3 amide bonds. The molecule has 65 heavy (non-hydrogen) atoms. The molecule has 1 saturated carbocycles. The third-order valence-electron chi connectivity index (χ3n) is 11.4. The molecular formula is C39H39Br2Cl2F12N3O7. The summed E-state index contributed by atoms with van der Waals surface area (Å²) in [6.45, 7) is 0.453. The number of aromatic carboxylic acids is 1.